The van der Waals surface area contributed by atoms with Crippen molar-refractivity contribution in [2.45, 2.75) is 13.2 Å². The maximum absolute atomic E-state index is 12.9. The van der Waals surface area contributed by atoms with Crippen LogP contribution in [0, 0.1) is 17.5 Å². The lowest BCUT2D eigenvalue weighted by molar-refractivity contribution is 0.251. The molecule has 0 aliphatic carbocycles. The Labute approximate surface area is 82.5 Å². The second-order valence-electron chi connectivity index (χ2n) is 2.53. The van der Waals surface area contributed by atoms with E-state index in [0.29, 0.717) is 0 Å². The molecule has 0 bridgehead atoms. The van der Waals surface area contributed by atoms with Gasteiger partial charge in [0.1, 0.15) is 0 Å². The van der Waals surface area contributed by atoms with Crippen LogP contribution in [0.2, 0.25) is 5.02 Å². The largest absolute Gasteiger partial charge is 0.392 e. The van der Waals surface area contributed by atoms with Gasteiger partial charge in [-0.1, -0.05) is 11.6 Å². The van der Waals surface area contributed by atoms with Gasteiger partial charge < -0.3 is 10.2 Å². The summed E-state index contributed by atoms with van der Waals surface area (Å²) >= 11 is 5.30. The molecule has 6 heteroatoms. The second-order valence-corrected chi connectivity index (χ2v) is 2.91. The zero-order valence-corrected chi connectivity index (χ0v) is 7.58. The molecule has 1 rings (SSSR count). The van der Waals surface area contributed by atoms with Crippen molar-refractivity contribution in [3.63, 3.8) is 0 Å². The molecule has 0 radical (unpaired) electrons. The van der Waals surface area contributed by atoms with Crippen molar-refractivity contribution in [2.75, 3.05) is 0 Å². The van der Waals surface area contributed by atoms with Crippen LogP contribution in [-0.2, 0) is 13.2 Å². The minimum Gasteiger partial charge on any atom is -0.392 e. The maximum atomic E-state index is 12.9. The first-order valence-corrected chi connectivity index (χ1v) is 3.97. The summed E-state index contributed by atoms with van der Waals surface area (Å²) in [5.41, 5.74) is -0.873. The van der Waals surface area contributed by atoms with Crippen molar-refractivity contribution in [3.05, 3.63) is 33.6 Å². The van der Waals surface area contributed by atoms with Gasteiger partial charge in [0.2, 0.25) is 0 Å². The van der Waals surface area contributed by atoms with E-state index in [4.69, 9.17) is 21.8 Å². The highest BCUT2D eigenvalue weighted by Crippen LogP contribution is 2.29. The van der Waals surface area contributed by atoms with Crippen molar-refractivity contribution in [1.82, 2.24) is 0 Å². The Morgan fingerprint density at radius 1 is 0.857 bits per heavy atom. The van der Waals surface area contributed by atoms with Crippen LogP contribution in [0.25, 0.3) is 0 Å². The van der Waals surface area contributed by atoms with Crippen LogP contribution >= 0.6 is 11.6 Å². The van der Waals surface area contributed by atoms with Gasteiger partial charge in [-0.05, 0) is 0 Å². The Bertz CT molecular complexity index is 333. The lowest BCUT2D eigenvalue weighted by Crippen LogP contribution is -2.05. The first-order chi connectivity index (χ1) is 6.54. The second kappa shape index (κ2) is 4.16. The molecule has 0 heterocycles. The molecule has 2 N–H and O–H groups in total. The Balaban J connectivity index is 3.57. The molecule has 0 amide bonds. The van der Waals surface area contributed by atoms with Crippen molar-refractivity contribution >= 4 is 11.6 Å². The highest BCUT2D eigenvalue weighted by atomic mass is 35.5. The molecule has 0 unspecified atom stereocenters. The molecular weight excluding hydrogens is 221 g/mol. The van der Waals surface area contributed by atoms with Crippen LogP contribution in [-0.4, -0.2) is 10.2 Å². The number of halogens is 4. The Hall–Kier alpha value is -0.780. The summed E-state index contributed by atoms with van der Waals surface area (Å²) in [5, 5.41) is 16.7. The third-order valence-electron chi connectivity index (χ3n) is 1.79. The van der Waals surface area contributed by atoms with Gasteiger partial charge in [0.15, 0.2) is 17.5 Å². The molecule has 0 aliphatic rings. The average Bonchev–Trinajstić information content (AvgIpc) is 2.20. The summed E-state index contributed by atoms with van der Waals surface area (Å²) in [5.74, 6) is -4.85. The van der Waals surface area contributed by atoms with Gasteiger partial charge in [0, 0.05) is 11.1 Å². The van der Waals surface area contributed by atoms with Crippen molar-refractivity contribution in [2.24, 2.45) is 0 Å². The summed E-state index contributed by atoms with van der Waals surface area (Å²) in [7, 11) is 0. The fourth-order valence-electron chi connectivity index (χ4n) is 1.05. The summed E-state index contributed by atoms with van der Waals surface area (Å²) in [6.45, 7) is -1.64. The van der Waals surface area contributed by atoms with Crippen LogP contribution in [0.15, 0.2) is 0 Å². The molecule has 78 valence electrons. The fraction of sp³-hybridized carbons (Fsp3) is 0.250. The average molecular weight is 227 g/mol. The van der Waals surface area contributed by atoms with E-state index in [1.807, 2.05) is 0 Å². The normalized spacial score (nSPS) is 10.7. The molecule has 1 aromatic rings. The van der Waals surface area contributed by atoms with E-state index in [-0.39, 0.29) is 5.56 Å². The zero-order chi connectivity index (χ0) is 10.9. The summed E-state index contributed by atoms with van der Waals surface area (Å²) in [6, 6.07) is 0. The van der Waals surface area contributed by atoms with Crippen molar-refractivity contribution in [3.8, 4) is 0 Å². The lowest BCUT2D eigenvalue weighted by Gasteiger charge is -2.10. The van der Waals surface area contributed by atoms with Crippen LogP contribution in [0.5, 0.6) is 0 Å². The minimum atomic E-state index is -1.75. The van der Waals surface area contributed by atoms with Crippen molar-refractivity contribution < 1.29 is 23.4 Å². The predicted molar refractivity (Wildman–Crippen MR) is 43.2 cm³/mol. The first-order valence-electron chi connectivity index (χ1n) is 3.60. The van der Waals surface area contributed by atoms with Gasteiger partial charge >= 0.3 is 0 Å². The van der Waals surface area contributed by atoms with E-state index in [1.165, 1.54) is 0 Å². The maximum Gasteiger partial charge on any atom is 0.196 e. The summed E-state index contributed by atoms with van der Waals surface area (Å²) in [6.07, 6.45) is 0. The molecule has 0 aliphatic heterocycles. The van der Waals surface area contributed by atoms with Crippen LogP contribution in [0.1, 0.15) is 11.1 Å². The molecule has 0 fully saturated rings. The Kier molecular flexibility index (Phi) is 3.36. The summed E-state index contributed by atoms with van der Waals surface area (Å²) in [4.78, 5) is 0. The highest BCUT2D eigenvalue weighted by molar-refractivity contribution is 6.31. The highest BCUT2D eigenvalue weighted by Gasteiger charge is 2.22. The van der Waals surface area contributed by atoms with Gasteiger partial charge in [-0.25, -0.2) is 13.2 Å². The SMILES string of the molecule is OCc1c(F)c(F)c(F)c(Cl)c1CO. The van der Waals surface area contributed by atoms with E-state index in [1.54, 1.807) is 0 Å². The van der Waals surface area contributed by atoms with Gasteiger partial charge in [0.25, 0.3) is 0 Å². The third-order valence-corrected chi connectivity index (χ3v) is 2.18. The van der Waals surface area contributed by atoms with Gasteiger partial charge in [-0.3, -0.25) is 0 Å². The predicted octanol–water partition coefficient (Wildman–Crippen LogP) is 1.74. The van der Waals surface area contributed by atoms with Crippen LogP contribution in [0.4, 0.5) is 13.2 Å². The fourth-order valence-corrected chi connectivity index (χ4v) is 1.31. The first kappa shape index (κ1) is 11.3. The number of aliphatic hydroxyl groups is 2. The summed E-state index contributed by atoms with van der Waals surface area (Å²) < 4.78 is 38.5. The Morgan fingerprint density at radius 2 is 1.36 bits per heavy atom. The third kappa shape index (κ3) is 1.58. The van der Waals surface area contributed by atoms with E-state index >= 15 is 0 Å². The van der Waals surface area contributed by atoms with Gasteiger partial charge in [0.05, 0.1) is 18.2 Å². The topological polar surface area (TPSA) is 40.5 Å². The molecule has 0 atom stereocenters. The number of hydrogen-bond acceptors (Lipinski definition) is 2. The van der Waals surface area contributed by atoms with Crippen LogP contribution < -0.4 is 0 Å². The molecule has 0 saturated heterocycles. The van der Waals surface area contributed by atoms with Crippen molar-refractivity contribution in [1.29, 1.82) is 0 Å². The minimum absolute atomic E-state index is 0.342. The molecule has 0 aromatic heterocycles. The van der Waals surface area contributed by atoms with E-state index in [0.717, 1.165) is 0 Å². The lowest BCUT2D eigenvalue weighted by atomic mass is 10.1. The number of hydrogen-bond donors (Lipinski definition) is 2. The molecule has 1 aromatic carbocycles. The quantitative estimate of drug-likeness (QED) is 0.596. The number of aliphatic hydroxyl groups excluding tert-OH is 2. The van der Waals surface area contributed by atoms with E-state index in [2.05, 4.69) is 0 Å². The van der Waals surface area contributed by atoms with Gasteiger partial charge in [-0.2, -0.15) is 0 Å². The number of rotatable bonds is 2. The molecule has 14 heavy (non-hydrogen) atoms. The Morgan fingerprint density at radius 3 is 1.79 bits per heavy atom. The van der Waals surface area contributed by atoms with Crippen LogP contribution in [0.3, 0.4) is 0 Å². The standard InChI is InChI=1S/C8H6ClF3O2/c9-5-3(1-13)4(2-14)6(10)8(12)7(5)11/h13-14H,1-2H2. The van der Waals surface area contributed by atoms with Gasteiger partial charge in [-0.15, -0.1) is 0 Å². The van der Waals surface area contributed by atoms with E-state index < -0.39 is 41.3 Å². The molecule has 0 spiro atoms. The molecular formula is C8H6ClF3O2. The molecule has 0 saturated carbocycles. The smallest absolute Gasteiger partial charge is 0.196 e. The van der Waals surface area contributed by atoms with E-state index in [9.17, 15) is 13.2 Å². The molecule has 2 nitrogen and oxygen atoms in total. The monoisotopic (exact) mass is 226 g/mol. The number of benzene rings is 1. The zero-order valence-electron chi connectivity index (χ0n) is 6.82.